The van der Waals surface area contributed by atoms with E-state index in [1.165, 1.54) is 24.1 Å². The lowest BCUT2D eigenvalue weighted by atomic mass is 10.1. The minimum absolute atomic E-state index is 0.0537. The standard InChI is InChI=1S/C27H41N11O5/c1-5-18(6-2)30-23-19-25(32-27(31-23)28-10-13-36-11-8-7-9-12-36)37(14-29-19)26-22(42-16-40)20(41-15-39)21(43-26)24-33-35-38(34-24)17(3)4/h14-18,20-22,26H,5-13H2,1-4H3,(H2,28,30,31,32)/t20-,21-,22+,26+/m0/s1. The van der Waals surface area contributed by atoms with Gasteiger partial charge in [0.05, 0.1) is 12.4 Å². The van der Waals surface area contributed by atoms with Crippen LogP contribution in [-0.2, 0) is 23.8 Å². The van der Waals surface area contributed by atoms with Gasteiger partial charge in [0, 0.05) is 19.1 Å². The molecule has 0 radical (unpaired) electrons. The highest BCUT2D eigenvalue weighted by Gasteiger charge is 2.52. The zero-order chi connectivity index (χ0) is 30.3. The lowest BCUT2D eigenvalue weighted by molar-refractivity contribution is -0.151. The minimum atomic E-state index is -1.04. The van der Waals surface area contributed by atoms with Crippen molar-refractivity contribution < 1.29 is 23.8 Å². The summed E-state index contributed by atoms with van der Waals surface area (Å²) in [5.74, 6) is 1.21. The second-order valence-corrected chi connectivity index (χ2v) is 11.1. The van der Waals surface area contributed by atoms with Crippen LogP contribution < -0.4 is 10.6 Å². The molecule has 4 atom stereocenters. The number of likely N-dealkylation sites (tertiary alicyclic amines) is 1. The van der Waals surface area contributed by atoms with E-state index in [0.29, 0.717) is 35.9 Å². The SMILES string of the molecule is CCC(CC)Nc1nc(NCCN2CCCCC2)nc2c1ncn2[C@@H]1O[C@H](c2nnn(C(C)C)n2)[C@H](OC=O)[C@H]1OC=O. The predicted molar refractivity (Wildman–Crippen MR) is 155 cm³/mol. The van der Waals surface area contributed by atoms with Crippen molar-refractivity contribution >= 4 is 35.9 Å². The first-order valence-electron chi connectivity index (χ1n) is 15.1. The Bertz CT molecular complexity index is 1350. The van der Waals surface area contributed by atoms with E-state index >= 15 is 0 Å². The number of carbonyl (C=O) groups is 2. The number of hydrogen-bond donors (Lipinski definition) is 2. The van der Waals surface area contributed by atoms with Crippen LogP contribution >= 0.6 is 0 Å². The Morgan fingerprint density at radius 3 is 2.49 bits per heavy atom. The van der Waals surface area contributed by atoms with Gasteiger partial charge < -0.3 is 29.7 Å². The summed E-state index contributed by atoms with van der Waals surface area (Å²) in [6, 6.07) is 0.129. The summed E-state index contributed by atoms with van der Waals surface area (Å²) in [6.07, 6.45) is 3.06. The van der Waals surface area contributed by atoms with Gasteiger partial charge in [-0.25, -0.2) is 4.98 Å². The molecule has 0 amide bonds. The van der Waals surface area contributed by atoms with Crippen LogP contribution in [-0.4, -0.2) is 102 Å². The van der Waals surface area contributed by atoms with Crippen molar-refractivity contribution in [3.8, 4) is 0 Å². The molecule has 3 aromatic heterocycles. The van der Waals surface area contributed by atoms with E-state index in [-0.39, 0.29) is 24.4 Å². The topological polar surface area (TPSA) is 176 Å². The maximum absolute atomic E-state index is 11.6. The third kappa shape index (κ3) is 6.69. The highest BCUT2D eigenvalue weighted by molar-refractivity contribution is 5.84. The van der Waals surface area contributed by atoms with E-state index in [9.17, 15) is 9.59 Å². The lowest BCUT2D eigenvalue weighted by Gasteiger charge is -2.26. The van der Waals surface area contributed by atoms with Crippen molar-refractivity contribution in [2.24, 2.45) is 0 Å². The van der Waals surface area contributed by atoms with Gasteiger partial charge >= 0.3 is 0 Å². The lowest BCUT2D eigenvalue weighted by Crippen LogP contribution is -2.34. The van der Waals surface area contributed by atoms with Crippen molar-refractivity contribution in [2.75, 3.05) is 36.8 Å². The number of hydrogen-bond acceptors (Lipinski definition) is 14. The predicted octanol–water partition coefficient (Wildman–Crippen LogP) is 2.25. The first kappa shape index (κ1) is 30.5. The van der Waals surface area contributed by atoms with Crippen molar-refractivity contribution in [2.45, 2.75) is 96.4 Å². The zero-order valence-electron chi connectivity index (χ0n) is 25.1. The fraction of sp³-hybridized carbons (Fsp3) is 0.704. The molecule has 2 aliphatic heterocycles. The molecular formula is C27H41N11O5. The van der Waals surface area contributed by atoms with Gasteiger partial charge in [-0.05, 0) is 57.8 Å². The average Bonchev–Trinajstić information content (AvgIpc) is 3.75. The molecule has 2 saturated heterocycles. The second kappa shape index (κ2) is 14.0. The number of rotatable bonds is 15. The summed E-state index contributed by atoms with van der Waals surface area (Å²) >= 11 is 0. The maximum Gasteiger partial charge on any atom is 0.293 e. The largest absolute Gasteiger partial charge is 0.457 e. The van der Waals surface area contributed by atoms with Gasteiger partial charge in [0.15, 0.2) is 41.5 Å². The summed E-state index contributed by atoms with van der Waals surface area (Å²) in [6.45, 7) is 12.4. The average molecular weight is 600 g/mol. The smallest absolute Gasteiger partial charge is 0.293 e. The molecule has 0 aliphatic carbocycles. The van der Waals surface area contributed by atoms with E-state index in [4.69, 9.17) is 24.2 Å². The number of nitrogens with zero attached hydrogens (tertiary/aromatic N) is 9. The van der Waals surface area contributed by atoms with Crippen molar-refractivity contribution in [3.63, 3.8) is 0 Å². The van der Waals surface area contributed by atoms with Gasteiger partial charge in [0.25, 0.3) is 12.9 Å². The molecule has 2 N–H and O–H groups in total. The molecule has 0 saturated carbocycles. The normalized spacial score (nSPS) is 22.7. The molecular weight excluding hydrogens is 558 g/mol. The quantitative estimate of drug-likeness (QED) is 0.243. The third-order valence-electron chi connectivity index (χ3n) is 7.96. The minimum Gasteiger partial charge on any atom is -0.457 e. The second-order valence-electron chi connectivity index (χ2n) is 11.1. The number of ether oxygens (including phenoxy) is 3. The molecule has 0 spiro atoms. The van der Waals surface area contributed by atoms with Gasteiger partial charge in [-0.15, -0.1) is 10.2 Å². The van der Waals surface area contributed by atoms with Crippen LogP contribution in [0, 0.1) is 0 Å². The Morgan fingerprint density at radius 2 is 1.81 bits per heavy atom. The first-order chi connectivity index (χ1) is 21.0. The summed E-state index contributed by atoms with van der Waals surface area (Å²) < 4.78 is 18.8. The molecule has 16 heteroatoms. The molecule has 0 unspecified atom stereocenters. The van der Waals surface area contributed by atoms with E-state index < -0.39 is 24.5 Å². The Morgan fingerprint density at radius 1 is 1.07 bits per heavy atom. The molecule has 234 valence electrons. The molecule has 16 nitrogen and oxygen atoms in total. The van der Waals surface area contributed by atoms with E-state index in [1.807, 2.05) is 13.8 Å². The summed E-state index contributed by atoms with van der Waals surface area (Å²) in [4.78, 5) is 41.2. The van der Waals surface area contributed by atoms with Crippen LogP contribution in [0.15, 0.2) is 6.33 Å². The highest BCUT2D eigenvalue weighted by atomic mass is 16.6. The number of nitrogens with one attached hydrogen (secondary N) is 2. The van der Waals surface area contributed by atoms with Crippen molar-refractivity contribution in [1.29, 1.82) is 0 Å². The zero-order valence-corrected chi connectivity index (χ0v) is 25.1. The molecule has 5 rings (SSSR count). The van der Waals surface area contributed by atoms with Crippen LogP contribution in [0.1, 0.15) is 84.0 Å². The van der Waals surface area contributed by atoms with Crippen LogP contribution in [0.3, 0.4) is 0 Å². The Hall–Kier alpha value is -3.92. The monoisotopic (exact) mass is 599 g/mol. The molecule has 2 aliphatic rings. The molecule has 0 aromatic carbocycles. The number of fused-ring (bicyclic) bond motifs is 1. The molecule has 2 fully saturated rings. The van der Waals surface area contributed by atoms with E-state index in [0.717, 1.165) is 32.5 Å². The summed E-state index contributed by atoms with van der Waals surface area (Å²) in [5, 5.41) is 19.5. The third-order valence-corrected chi connectivity index (χ3v) is 7.96. The van der Waals surface area contributed by atoms with Crippen LogP contribution in [0.25, 0.3) is 11.2 Å². The van der Waals surface area contributed by atoms with Gasteiger partial charge in [-0.1, -0.05) is 20.3 Å². The first-order valence-corrected chi connectivity index (χ1v) is 15.1. The Balaban J connectivity index is 1.50. The molecule has 3 aromatic rings. The van der Waals surface area contributed by atoms with Gasteiger partial charge in [-0.3, -0.25) is 14.2 Å². The highest BCUT2D eigenvalue weighted by Crippen LogP contribution is 2.42. The Labute approximate surface area is 249 Å². The van der Waals surface area contributed by atoms with Gasteiger partial charge in [-0.2, -0.15) is 14.8 Å². The number of tetrazole rings is 1. The van der Waals surface area contributed by atoms with Crippen molar-refractivity contribution in [3.05, 3.63) is 12.2 Å². The van der Waals surface area contributed by atoms with Gasteiger partial charge in [0.2, 0.25) is 11.8 Å². The van der Waals surface area contributed by atoms with Crippen LogP contribution in [0.4, 0.5) is 11.8 Å². The van der Waals surface area contributed by atoms with Crippen LogP contribution in [0.5, 0.6) is 0 Å². The fourth-order valence-corrected chi connectivity index (χ4v) is 5.54. The fourth-order valence-electron chi connectivity index (χ4n) is 5.54. The number of piperidine rings is 1. The molecule has 0 bridgehead atoms. The number of anilines is 2. The van der Waals surface area contributed by atoms with Crippen LogP contribution in [0.2, 0.25) is 0 Å². The number of aromatic nitrogens is 8. The number of carbonyl (C=O) groups excluding carboxylic acids is 2. The Kier molecular flexibility index (Phi) is 9.97. The number of imidazole rings is 1. The van der Waals surface area contributed by atoms with Gasteiger partial charge in [0.1, 0.15) is 0 Å². The summed E-state index contributed by atoms with van der Waals surface area (Å²) in [7, 11) is 0. The van der Waals surface area contributed by atoms with E-state index in [2.05, 4.69) is 49.8 Å². The van der Waals surface area contributed by atoms with E-state index in [1.54, 1.807) is 10.9 Å². The molecule has 43 heavy (non-hydrogen) atoms. The summed E-state index contributed by atoms with van der Waals surface area (Å²) in [5.41, 5.74) is 0.986. The maximum atomic E-state index is 11.6. The molecule has 5 heterocycles. The van der Waals surface area contributed by atoms with Crippen molar-refractivity contribution in [1.82, 2.24) is 44.6 Å².